The van der Waals surface area contributed by atoms with E-state index in [1.165, 1.54) is 32.2 Å². The van der Waals surface area contributed by atoms with Gasteiger partial charge in [-0.25, -0.2) is 0 Å². The number of benzene rings is 1. The van der Waals surface area contributed by atoms with E-state index in [2.05, 4.69) is 11.0 Å². The fraction of sp³-hybridized carbons (Fsp3) is 0.588. The average Bonchev–Trinajstić information content (AvgIpc) is 3.36. The van der Waals surface area contributed by atoms with Crippen LogP contribution in [0.5, 0.6) is 5.75 Å². The van der Waals surface area contributed by atoms with E-state index in [-0.39, 0.29) is 0 Å². The first-order valence-corrected chi connectivity index (χ1v) is 7.73. The molecule has 0 unspecified atom stereocenters. The van der Waals surface area contributed by atoms with Gasteiger partial charge in [0.25, 0.3) is 0 Å². The molecule has 0 aromatic heterocycles. The highest BCUT2D eigenvalue weighted by molar-refractivity contribution is 5.42. The Morgan fingerprint density at radius 1 is 1.20 bits per heavy atom. The summed E-state index contributed by atoms with van der Waals surface area (Å²) in [5.41, 5.74) is 0.629. The lowest BCUT2D eigenvalue weighted by atomic mass is 10.2. The van der Waals surface area contributed by atoms with Gasteiger partial charge in [0, 0.05) is 19.1 Å². The maximum absolute atomic E-state index is 9.01. The molecule has 2 aliphatic rings. The van der Waals surface area contributed by atoms with E-state index in [1.807, 2.05) is 18.2 Å². The van der Waals surface area contributed by atoms with Gasteiger partial charge in [-0.1, -0.05) is 12.1 Å². The topological polar surface area (TPSA) is 36.3 Å². The van der Waals surface area contributed by atoms with E-state index >= 15 is 0 Å². The molecule has 0 aliphatic heterocycles. The molecule has 0 N–H and O–H groups in total. The summed E-state index contributed by atoms with van der Waals surface area (Å²) < 4.78 is 5.75. The maximum atomic E-state index is 9.01. The average molecular weight is 270 g/mol. The van der Waals surface area contributed by atoms with Crippen molar-refractivity contribution in [3.63, 3.8) is 0 Å². The van der Waals surface area contributed by atoms with Crippen LogP contribution in [0.25, 0.3) is 0 Å². The Kier molecular flexibility index (Phi) is 4.22. The van der Waals surface area contributed by atoms with Crippen LogP contribution in [0, 0.1) is 17.2 Å². The van der Waals surface area contributed by atoms with Crippen LogP contribution in [-0.2, 0) is 0 Å². The fourth-order valence-electron chi connectivity index (χ4n) is 2.63. The van der Waals surface area contributed by atoms with Gasteiger partial charge < -0.3 is 4.74 Å². The minimum atomic E-state index is 0.629. The Hall–Kier alpha value is -1.53. The SMILES string of the molecule is N#Cc1ccccc1OCCCN(CC1CC1)C1CC1. The summed E-state index contributed by atoms with van der Waals surface area (Å²) in [6, 6.07) is 10.5. The predicted octanol–water partition coefficient (Wildman–Crippen LogP) is 3.20. The lowest BCUT2D eigenvalue weighted by molar-refractivity contribution is 0.220. The Morgan fingerprint density at radius 2 is 2.00 bits per heavy atom. The van der Waals surface area contributed by atoms with E-state index in [0.717, 1.165) is 30.7 Å². The maximum Gasteiger partial charge on any atom is 0.137 e. The number of nitrogens with zero attached hydrogens (tertiary/aromatic N) is 2. The first kappa shape index (κ1) is 13.5. The van der Waals surface area contributed by atoms with Crippen molar-refractivity contribution in [2.75, 3.05) is 19.7 Å². The van der Waals surface area contributed by atoms with Gasteiger partial charge in [-0.05, 0) is 50.2 Å². The second-order valence-corrected chi connectivity index (χ2v) is 5.98. The van der Waals surface area contributed by atoms with E-state index in [1.54, 1.807) is 6.07 Å². The summed E-state index contributed by atoms with van der Waals surface area (Å²) in [6.07, 6.45) is 6.66. The molecule has 106 valence electrons. The smallest absolute Gasteiger partial charge is 0.137 e. The Balaban J connectivity index is 1.41. The second-order valence-electron chi connectivity index (χ2n) is 5.98. The highest BCUT2D eigenvalue weighted by Gasteiger charge is 2.33. The van der Waals surface area contributed by atoms with Gasteiger partial charge in [0.1, 0.15) is 11.8 Å². The van der Waals surface area contributed by atoms with Crippen LogP contribution in [-0.4, -0.2) is 30.6 Å². The summed E-state index contributed by atoms with van der Waals surface area (Å²) in [5.74, 6) is 1.69. The molecule has 1 aromatic carbocycles. The lowest BCUT2D eigenvalue weighted by Gasteiger charge is -2.21. The largest absolute Gasteiger partial charge is 0.492 e. The fourth-order valence-corrected chi connectivity index (χ4v) is 2.63. The molecule has 0 spiro atoms. The monoisotopic (exact) mass is 270 g/mol. The third-order valence-corrected chi connectivity index (χ3v) is 4.11. The van der Waals surface area contributed by atoms with Gasteiger partial charge in [0.2, 0.25) is 0 Å². The highest BCUT2D eigenvalue weighted by atomic mass is 16.5. The predicted molar refractivity (Wildman–Crippen MR) is 78.6 cm³/mol. The van der Waals surface area contributed by atoms with Gasteiger partial charge >= 0.3 is 0 Å². The van der Waals surface area contributed by atoms with Gasteiger partial charge in [-0.15, -0.1) is 0 Å². The zero-order valence-corrected chi connectivity index (χ0v) is 11.9. The number of rotatable bonds is 8. The van der Waals surface area contributed by atoms with Crippen LogP contribution in [0.4, 0.5) is 0 Å². The summed E-state index contributed by atoms with van der Waals surface area (Å²) in [7, 11) is 0. The molecule has 1 aromatic rings. The summed E-state index contributed by atoms with van der Waals surface area (Å²) in [6.45, 7) is 3.13. The Bertz CT molecular complexity index is 486. The number of hydrogen-bond acceptors (Lipinski definition) is 3. The zero-order chi connectivity index (χ0) is 13.8. The van der Waals surface area contributed by atoms with E-state index < -0.39 is 0 Å². The number of hydrogen-bond donors (Lipinski definition) is 0. The van der Waals surface area contributed by atoms with Crippen LogP contribution < -0.4 is 4.74 Å². The van der Waals surface area contributed by atoms with Crippen LogP contribution in [0.2, 0.25) is 0 Å². The summed E-state index contributed by atoms with van der Waals surface area (Å²) in [4.78, 5) is 2.65. The molecule has 2 saturated carbocycles. The minimum absolute atomic E-state index is 0.629. The summed E-state index contributed by atoms with van der Waals surface area (Å²) in [5, 5.41) is 9.01. The first-order chi connectivity index (χ1) is 9.86. The lowest BCUT2D eigenvalue weighted by Crippen LogP contribution is -2.30. The molecule has 0 bridgehead atoms. The quantitative estimate of drug-likeness (QED) is 0.681. The molecular weight excluding hydrogens is 248 g/mol. The van der Waals surface area contributed by atoms with Crippen molar-refractivity contribution in [1.82, 2.24) is 4.90 Å². The van der Waals surface area contributed by atoms with Crippen LogP contribution in [0.1, 0.15) is 37.7 Å². The van der Waals surface area contributed by atoms with Crippen molar-refractivity contribution in [2.45, 2.75) is 38.1 Å². The molecule has 0 radical (unpaired) electrons. The molecule has 2 fully saturated rings. The van der Waals surface area contributed by atoms with Gasteiger partial charge in [0.05, 0.1) is 12.2 Å². The first-order valence-electron chi connectivity index (χ1n) is 7.73. The molecule has 20 heavy (non-hydrogen) atoms. The van der Waals surface area contributed by atoms with Gasteiger partial charge in [-0.2, -0.15) is 5.26 Å². The van der Waals surface area contributed by atoms with E-state index in [4.69, 9.17) is 10.00 Å². The molecule has 0 saturated heterocycles. The second kappa shape index (κ2) is 6.28. The zero-order valence-electron chi connectivity index (χ0n) is 11.9. The van der Waals surface area contributed by atoms with E-state index in [9.17, 15) is 0 Å². The molecule has 2 aliphatic carbocycles. The van der Waals surface area contributed by atoms with Crippen molar-refractivity contribution in [1.29, 1.82) is 5.26 Å². The van der Waals surface area contributed by atoms with Gasteiger partial charge in [0.15, 0.2) is 0 Å². The van der Waals surface area contributed by atoms with Crippen molar-refractivity contribution in [3.05, 3.63) is 29.8 Å². The molecule has 3 rings (SSSR count). The summed E-state index contributed by atoms with van der Waals surface area (Å²) >= 11 is 0. The van der Waals surface area contributed by atoms with Crippen molar-refractivity contribution in [2.24, 2.45) is 5.92 Å². The molecule has 0 heterocycles. The van der Waals surface area contributed by atoms with Crippen LogP contribution >= 0.6 is 0 Å². The molecule has 0 amide bonds. The highest BCUT2D eigenvalue weighted by Crippen LogP contribution is 2.34. The Labute approximate surface area is 121 Å². The third-order valence-electron chi connectivity index (χ3n) is 4.11. The normalized spacial score (nSPS) is 18.0. The molecule has 3 nitrogen and oxygen atoms in total. The van der Waals surface area contributed by atoms with E-state index in [0.29, 0.717) is 12.2 Å². The minimum Gasteiger partial charge on any atom is -0.492 e. The standard InChI is InChI=1S/C17H22N2O/c18-12-15-4-1-2-5-17(15)20-11-3-10-19(16-8-9-16)13-14-6-7-14/h1-2,4-5,14,16H,3,6-11,13H2. The van der Waals surface area contributed by atoms with Gasteiger partial charge in [-0.3, -0.25) is 4.90 Å². The molecular formula is C17H22N2O. The van der Waals surface area contributed by atoms with Crippen molar-refractivity contribution in [3.8, 4) is 11.8 Å². The molecule has 3 heteroatoms. The number of para-hydroxylation sites is 1. The van der Waals surface area contributed by atoms with Crippen LogP contribution in [0.15, 0.2) is 24.3 Å². The number of nitriles is 1. The third kappa shape index (κ3) is 3.74. The Morgan fingerprint density at radius 3 is 2.70 bits per heavy atom. The van der Waals surface area contributed by atoms with Crippen LogP contribution in [0.3, 0.4) is 0 Å². The molecule has 0 atom stereocenters. The van der Waals surface area contributed by atoms with Crippen molar-refractivity contribution >= 4 is 0 Å². The van der Waals surface area contributed by atoms with Crippen molar-refractivity contribution < 1.29 is 4.74 Å². The number of ether oxygens (including phenoxy) is 1.